The van der Waals surface area contributed by atoms with Gasteiger partial charge in [-0.05, 0) is 49.7 Å². The topological polar surface area (TPSA) is 68.2 Å². The minimum Gasteiger partial charge on any atom is -0.497 e. The number of hydrogen-bond acceptors (Lipinski definition) is 4. The fourth-order valence-corrected chi connectivity index (χ4v) is 2.56. The first-order valence-corrected chi connectivity index (χ1v) is 7.48. The highest BCUT2D eigenvalue weighted by Crippen LogP contribution is 2.14. The lowest BCUT2D eigenvalue weighted by Gasteiger charge is -2.10. The minimum atomic E-state index is -0.138. The molecule has 2 heterocycles. The zero-order valence-corrected chi connectivity index (χ0v) is 12.6. The fourth-order valence-electron chi connectivity index (χ4n) is 2.56. The van der Waals surface area contributed by atoms with Crippen molar-refractivity contribution >= 4 is 5.91 Å². The summed E-state index contributed by atoms with van der Waals surface area (Å²) >= 11 is 0. The van der Waals surface area contributed by atoms with Gasteiger partial charge in [-0.25, -0.2) is 4.68 Å². The highest BCUT2D eigenvalue weighted by molar-refractivity contribution is 5.92. The molecule has 1 amide bonds. The van der Waals surface area contributed by atoms with E-state index in [-0.39, 0.29) is 5.91 Å². The van der Waals surface area contributed by atoms with E-state index in [9.17, 15) is 4.79 Å². The molecular weight excluding hydrogens is 280 g/mol. The number of nitrogens with one attached hydrogen (secondary N) is 2. The van der Waals surface area contributed by atoms with Gasteiger partial charge in [0.15, 0.2) is 5.69 Å². The van der Waals surface area contributed by atoms with E-state index < -0.39 is 0 Å². The molecule has 0 spiro atoms. The maximum atomic E-state index is 12.1. The van der Waals surface area contributed by atoms with Crippen LogP contribution in [0.5, 0.6) is 5.75 Å². The molecule has 116 valence electrons. The largest absolute Gasteiger partial charge is 0.497 e. The number of nitrogens with zero attached hydrogens (tertiary/aromatic N) is 2. The van der Waals surface area contributed by atoms with E-state index >= 15 is 0 Å². The molecule has 1 aliphatic heterocycles. The van der Waals surface area contributed by atoms with E-state index in [1.807, 2.05) is 24.3 Å². The molecule has 1 atom stereocenters. The van der Waals surface area contributed by atoms with Crippen molar-refractivity contribution in [3.8, 4) is 11.4 Å². The molecule has 6 heteroatoms. The maximum absolute atomic E-state index is 12.1. The minimum absolute atomic E-state index is 0.138. The Morgan fingerprint density at radius 1 is 1.41 bits per heavy atom. The summed E-state index contributed by atoms with van der Waals surface area (Å²) in [5.74, 6) is 0.652. The number of carbonyl (C=O) groups is 1. The van der Waals surface area contributed by atoms with Crippen molar-refractivity contribution < 1.29 is 9.53 Å². The normalized spacial score (nSPS) is 17.4. The van der Waals surface area contributed by atoms with Crippen LogP contribution < -0.4 is 15.4 Å². The number of rotatable bonds is 5. The van der Waals surface area contributed by atoms with Crippen molar-refractivity contribution in [3.05, 3.63) is 42.2 Å². The molecule has 1 aromatic carbocycles. The van der Waals surface area contributed by atoms with Crippen LogP contribution in [0, 0.1) is 0 Å². The smallest absolute Gasteiger partial charge is 0.271 e. The first-order chi connectivity index (χ1) is 10.8. The highest BCUT2D eigenvalue weighted by Gasteiger charge is 2.16. The lowest BCUT2D eigenvalue weighted by Crippen LogP contribution is -2.37. The lowest BCUT2D eigenvalue weighted by atomic mass is 10.2. The Balaban J connectivity index is 1.63. The lowest BCUT2D eigenvalue weighted by molar-refractivity contribution is 0.0945. The van der Waals surface area contributed by atoms with Gasteiger partial charge >= 0.3 is 0 Å². The molecule has 22 heavy (non-hydrogen) atoms. The van der Waals surface area contributed by atoms with Gasteiger partial charge in [0, 0.05) is 18.8 Å². The predicted octanol–water partition coefficient (Wildman–Crippen LogP) is 1.36. The summed E-state index contributed by atoms with van der Waals surface area (Å²) in [6.45, 7) is 1.68. The Kier molecular flexibility index (Phi) is 4.39. The SMILES string of the molecule is COc1ccc(-n2ccc(C(=O)NCC3CCCN3)n2)cc1. The third-order valence-corrected chi connectivity index (χ3v) is 3.83. The summed E-state index contributed by atoms with van der Waals surface area (Å²) < 4.78 is 6.81. The van der Waals surface area contributed by atoms with Crippen LogP contribution in [0.2, 0.25) is 0 Å². The number of methoxy groups -OCH3 is 1. The van der Waals surface area contributed by atoms with E-state index in [0.29, 0.717) is 18.3 Å². The summed E-state index contributed by atoms with van der Waals surface area (Å²) in [7, 11) is 1.63. The molecule has 2 aromatic rings. The molecule has 2 N–H and O–H groups in total. The van der Waals surface area contributed by atoms with Gasteiger partial charge in [0.1, 0.15) is 5.75 Å². The van der Waals surface area contributed by atoms with Crippen molar-refractivity contribution in [3.63, 3.8) is 0 Å². The molecule has 1 aliphatic rings. The summed E-state index contributed by atoms with van der Waals surface area (Å²) in [6, 6.07) is 9.63. The molecule has 6 nitrogen and oxygen atoms in total. The van der Waals surface area contributed by atoms with Gasteiger partial charge < -0.3 is 15.4 Å². The van der Waals surface area contributed by atoms with Crippen LogP contribution in [0.4, 0.5) is 0 Å². The Morgan fingerprint density at radius 3 is 2.91 bits per heavy atom. The van der Waals surface area contributed by atoms with Crippen LogP contribution in [0.25, 0.3) is 5.69 Å². The number of carbonyl (C=O) groups excluding carboxylic acids is 1. The molecule has 1 saturated heterocycles. The second kappa shape index (κ2) is 6.62. The van der Waals surface area contributed by atoms with Gasteiger partial charge in [-0.2, -0.15) is 5.10 Å². The number of ether oxygens (including phenoxy) is 1. The second-order valence-corrected chi connectivity index (χ2v) is 5.35. The maximum Gasteiger partial charge on any atom is 0.271 e. The van der Waals surface area contributed by atoms with Gasteiger partial charge in [-0.3, -0.25) is 4.79 Å². The third kappa shape index (κ3) is 3.28. The van der Waals surface area contributed by atoms with Crippen molar-refractivity contribution in [2.45, 2.75) is 18.9 Å². The molecule has 0 saturated carbocycles. The van der Waals surface area contributed by atoms with Gasteiger partial charge in [0.2, 0.25) is 0 Å². The average molecular weight is 300 g/mol. The fraction of sp³-hybridized carbons (Fsp3) is 0.375. The Bertz CT molecular complexity index is 630. The molecule has 1 aromatic heterocycles. The molecule has 1 unspecified atom stereocenters. The summed E-state index contributed by atoms with van der Waals surface area (Å²) in [6.07, 6.45) is 4.07. The molecule has 0 aliphatic carbocycles. The molecule has 3 rings (SSSR count). The van der Waals surface area contributed by atoms with E-state index in [1.54, 1.807) is 24.1 Å². The van der Waals surface area contributed by atoms with Crippen LogP contribution >= 0.6 is 0 Å². The third-order valence-electron chi connectivity index (χ3n) is 3.83. The van der Waals surface area contributed by atoms with Crippen LogP contribution in [0.15, 0.2) is 36.5 Å². The standard InChI is InChI=1S/C16H20N4O2/c1-22-14-6-4-13(5-7-14)20-10-8-15(19-20)16(21)18-11-12-3-2-9-17-12/h4-8,10,12,17H,2-3,9,11H2,1H3,(H,18,21). The number of hydrogen-bond donors (Lipinski definition) is 2. The zero-order valence-electron chi connectivity index (χ0n) is 12.6. The number of aromatic nitrogens is 2. The molecule has 0 bridgehead atoms. The monoisotopic (exact) mass is 300 g/mol. The van der Waals surface area contributed by atoms with Crippen molar-refractivity contribution in [2.75, 3.05) is 20.2 Å². The Morgan fingerprint density at radius 2 is 2.23 bits per heavy atom. The number of amides is 1. The quantitative estimate of drug-likeness (QED) is 0.875. The molecular formula is C16H20N4O2. The van der Waals surface area contributed by atoms with Crippen LogP contribution in [0.1, 0.15) is 23.3 Å². The summed E-state index contributed by atoms with van der Waals surface area (Å²) in [4.78, 5) is 12.1. The first kappa shape index (κ1) is 14.6. The van der Waals surface area contributed by atoms with E-state index in [2.05, 4.69) is 15.7 Å². The Hall–Kier alpha value is -2.34. The molecule has 1 fully saturated rings. The first-order valence-electron chi connectivity index (χ1n) is 7.48. The van der Waals surface area contributed by atoms with Gasteiger partial charge in [-0.15, -0.1) is 0 Å². The Labute approximate surface area is 129 Å². The van der Waals surface area contributed by atoms with Gasteiger partial charge in [-0.1, -0.05) is 0 Å². The highest BCUT2D eigenvalue weighted by atomic mass is 16.5. The second-order valence-electron chi connectivity index (χ2n) is 5.35. The summed E-state index contributed by atoms with van der Waals surface area (Å²) in [5, 5.41) is 10.6. The van der Waals surface area contributed by atoms with E-state index in [1.165, 1.54) is 6.42 Å². The average Bonchev–Trinajstić information content (AvgIpc) is 3.24. The molecule has 0 radical (unpaired) electrons. The number of benzene rings is 1. The van der Waals surface area contributed by atoms with Crippen LogP contribution in [-0.4, -0.2) is 41.9 Å². The van der Waals surface area contributed by atoms with Crippen molar-refractivity contribution in [1.82, 2.24) is 20.4 Å². The van der Waals surface area contributed by atoms with E-state index in [4.69, 9.17) is 4.74 Å². The zero-order chi connectivity index (χ0) is 15.4. The predicted molar refractivity (Wildman–Crippen MR) is 83.5 cm³/mol. The van der Waals surface area contributed by atoms with Crippen molar-refractivity contribution in [1.29, 1.82) is 0 Å². The van der Waals surface area contributed by atoms with Crippen molar-refractivity contribution in [2.24, 2.45) is 0 Å². The summed E-state index contributed by atoms with van der Waals surface area (Å²) in [5.41, 5.74) is 1.31. The van der Waals surface area contributed by atoms with Crippen LogP contribution in [0.3, 0.4) is 0 Å². The van der Waals surface area contributed by atoms with Gasteiger partial charge in [0.05, 0.1) is 12.8 Å². The van der Waals surface area contributed by atoms with E-state index in [0.717, 1.165) is 24.4 Å². The van der Waals surface area contributed by atoms with Crippen LogP contribution in [-0.2, 0) is 0 Å². The van der Waals surface area contributed by atoms with Gasteiger partial charge in [0.25, 0.3) is 5.91 Å².